The number of pyridine rings is 2. The first-order valence-electron chi connectivity index (χ1n) is 23.8. The zero-order chi connectivity index (χ0) is 52.3. The average molecular weight is 1030 g/mol. The van der Waals surface area contributed by atoms with E-state index in [0.29, 0.717) is 87.2 Å². The normalized spacial score (nSPS) is 13.4. The van der Waals surface area contributed by atoms with Crippen molar-refractivity contribution in [2.24, 2.45) is 16.6 Å². The molecule has 2 fully saturated rings. The number of amides is 1. The van der Waals surface area contributed by atoms with E-state index in [2.05, 4.69) is 9.97 Å². The summed E-state index contributed by atoms with van der Waals surface area (Å²) in [5.41, 5.74) is 14.8. The maximum atomic E-state index is 13.1. The molecule has 76 heavy (non-hydrogen) atoms. The molecule has 6 aromatic carbocycles. The van der Waals surface area contributed by atoms with Crippen LogP contribution >= 0.6 is 0 Å². The summed E-state index contributed by atoms with van der Waals surface area (Å²) in [6.07, 6.45) is 5.84. The van der Waals surface area contributed by atoms with Crippen LogP contribution in [0.4, 0.5) is 14.5 Å². The molecule has 2 heterocycles. The number of nitrogen functional groups attached to an aromatic ring is 1. The Hall–Kier alpha value is -8.98. The SMILES string of the molecule is C.C.Cc1cc2nccc(Oc3ccc(CC(=O)C4(C(=O)Cc5ccc(F)cc5)CC4)cc3)c2cc1C(=O)O.NC(=O)c1cc2c(Oc3ccc(CC(=O)C4(C(=O)Cc5ccc(F)cc5)CC4)cc3)ccnc2cc1N. The number of carboxylic acids is 1. The monoisotopic (exact) mass is 1030 g/mol. The van der Waals surface area contributed by atoms with E-state index in [-0.39, 0.29) is 92.1 Å². The van der Waals surface area contributed by atoms with Gasteiger partial charge in [0, 0.05) is 54.5 Å². The molecule has 1 amide bonds. The van der Waals surface area contributed by atoms with Gasteiger partial charge in [-0.1, -0.05) is 63.4 Å². The Kier molecular flexibility index (Phi) is 16.3. The lowest BCUT2D eigenvalue weighted by Gasteiger charge is -2.14. The van der Waals surface area contributed by atoms with Crippen molar-refractivity contribution in [1.82, 2.24) is 9.97 Å². The number of aromatic nitrogens is 2. The summed E-state index contributed by atoms with van der Waals surface area (Å²) in [6, 6.07) is 35.4. The molecule has 0 aliphatic heterocycles. The number of fused-ring (bicyclic) bond motifs is 2. The molecule has 2 saturated carbocycles. The van der Waals surface area contributed by atoms with E-state index in [9.17, 15) is 42.7 Å². The molecule has 0 bridgehead atoms. The van der Waals surface area contributed by atoms with Crippen LogP contribution in [0.2, 0.25) is 0 Å². The van der Waals surface area contributed by atoms with Crippen LogP contribution in [0.1, 0.15) is 89.1 Å². The number of hydrogen-bond acceptors (Lipinski definition) is 11. The highest BCUT2D eigenvalue weighted by molar-refractivity contribution is 6.12. The van der Waals surface area contributed by atoms with Crippen molar-refractivity contribution < 1.29 is 52.1 Å². The van der Waals surface area contributed by atoms with Crippen LogP contribution in [-0.2, 0) is 44.9 Å². The van der Waals surface area contributed by atoms with Crippen LogP contribution in [0.15, 0.2) is 146 Å². The summed E-state index contributed by atoms with van der Waals surface area (Å²) in [5, 5.41) is 10.6. The largest absolute Gasteiger partial charge is 0.478 e. The standard InChI is InChI=1S/C30H24FNO5.C29H24FN3O4.2CH4/c1-18-14-25-24(17-23(18)29(35)36)26(10-13-32-25)37-22-8-4-20(5-9-22)16-28(34)30(11-12-30)27(33)15-19-2-6-21(31)7-3-19;30-19-5-1-17(2-6-19)13-26(34)29(10-11-29)27(35)14-18-3-7-20(8-4-18)37-25-9-12-33-24-16-23(31)21(28(32)36)15-22(24)25;;/h2-10,13-14,17H,11-12,15-16H2,1H3,(H,35,36);1-9,12,15-16H,10-11,13-14,31H2,(H2,32,36);2*1H4. The van der Waals surface area contributed by atoms with Crippen molar-refractivity contribution in [1.29, 1.82) is 0 Å². The highest BCUT2D eigenvalue weighted by atomic mass is 19.1. The molecule has 10 rings (SSSR count). The predicted molar refractivity (Wildman–Crippen MR) is 286 cm³/mol. The minimum Gasteiger partial charge on any atom is -0.478 e. The third-order valence-electron chi connectivity index (χ3n) is 13.6. The van der Waals surface area contributed by atoms with Gasteiger partial charge < -0.3 is 26.0 Å². The number of nitrogens with two attached hydrogens (primary N) is 2. The van der Waals surface area contributed by atoms with Gasteiger partial charge in [-0.2, -0.15) is 0 Å². The number of rotatable bonds is 18. The van der Waals surface area contributed by atoms with Gasteiger partial charge in [-0.3, -0.25) is 33.9 Å². The minimum atomic E-state index is -1.02. The first-order valence-corrected chi connectivity index (χ1v) is 23.8. The smallest absolute Gasteiger partial charge is 0.335 e. The molecule has 5 N–H and O–H groups in total. The molecule has 0 atom stereocenters. The van der Waals surface area contributed by atoms with Gasteiger partial charge in [-0.05, 0) is 145 Å². The summed E-state index contributed by atoms with van der Waals surface area (Å²) in [6.45, 7) is 1.72. The number of carbonyl (C=O) groups excluding carboxylic acids is 5. The molecule has 2 aliphatic rings. The number of anilines is 1. The fourth-order valence-electron chi connectivity index (χ4n) is 8.98. The number of ether oxygens (including phenoxy) is 2. The van der Waals surface area contributed by atoms with Gasteiger partial charge in [-0.15, -0.1) is 0 Å². The summed E-state index contributed by atoms with van der Waals surface area (Å²) < 4.78 is 38.3. The van der Waals surface area contributed by atoms with Crippen molar-refractivity contribution in [3.8, 4) is 23.0 Å². The molecule has 0 radical (unpaired) electrons. The fourth-order valence-corrected chi connectivity index (χ4v) is 8.98. The average Bonchev–Trinajstić information content (AvgIpc) is 4.33. The fraction of sp³-hybridized carbons (Fsp3) is 0.213. The second-order valence-electron chi connectivity index (χ2n) is 18.7. The second-order valence-corrected chi connectivity index (χ2v) is 18.7. The lowest BCUT2D eigenvalue weighted by molar-refractivity contribution is -0.135. The third kappa shape index (κ3) is 12.0. The zero-order valence-corrected chi connectivity index (χ0v) is 40.0. The van der Waals surface area contributed by atoms with Crippen LogP contribution in [0.25, 0.3) is 21.8 Å². The molecule has 0 saturated heterocycles. The molecule has 8 aromatic rings. The van der Waals surface area contributed by atoms with Crippen molar-refractivity contribution >= 4 is 62.5 Å². The van der Waals surface area contributed by atoms with E-state index in [0.717, 1.165) is 11.1 Å². The third-order valence-corrected chi connectivity index (χ3v) is 13.6. The number of Topliss-reactive ketones (excluding diaryl/α,β-unsaturated/α-hetero) is 4. The van der Waals surface area contributed by atoms with Gasteiger partial charge >= 0.3 is 5.97 Å². The first kappa shape index (κ1) is 54.8. The molecule has 388 valence electrons. The summed E-state index contributed by atoms with van der Waals surface area (Å²) in [4.78, 5) is 83.7. The molecule has 15 heteroatoms. The number of carboxylic acid groups (broad SMARTS) is 1. The van der Waals surface area contributed by atoms with E-state index in [4.69, 9.17) is 20.9 Å². The lowest BCUT2D eigenvalue weighted by atomic mass is 9.88. The molecule has 0 spiro atoms. The number of hydrogen-bond donors (Lipinski definition) is 3. The Morgan fingerprint density at radius 2 is 0.868 bits per heavy atom. The molecule has 13 nitrogen and oxygen atoms in total. The van der Waals surface area contributed by atoms with Gasteiger partial charge in [0.25, 0.3) is 5.91 Å². The molecular weight excluding hydrogens is 971 g/mol. The van der Waals surface area contributed by atoms with Gasteiger partial charge in [0.15, 0.2) is 23.1 Å². The van der Waals surface area contributed by atoms with Crippen molar-refractivity contribution in [3.05, 3.63) is 196 Å². The molecule has 2 aromatic heterocycles. The number of primary amides is 1. The number of nitrogens with zero attached hydrogens (tertiary/aromatic N) is 2. The van der Waals surface area contributed by atoms with Crippen LogP contribution in [0.5, 0.6) is 23.0 Å². The first-order chi connectivity index (χ1) is 35.5. The Bertz CT molecular complexity index is 3290. The second kappa shape index (κ2) is 22.6. The van der Waals surface area contributed by atoms with Crippen LogP contribution < -0.4 is 20.9 Å². The van der Waals surface area contributed by atoms with Gasteiger partial charge in [-0.25, -0.2) is 13.6 Å². The number of ketones is 4. The molecule has 0 unspecified atom stereocenters. The summed E-state index contributed by atoms with van der Waals surface area (Å²) in [5.74, 6) is -0.857. The highest BCUT2D eigenvalue weighted by Gasteiger charge is 2.55. The Morgan fingerprint density at radius 1 is 0.526 bits per heavy atom. The molecular formula is C61H56F2N4O9. The van der Waals surface area contributed by atoms with Gasteiger partial charge in [0.2, 0.25) is 0 Å². The number of aromatic carboxylic acids is 1. The zero-order valence-electron chi connectivity index (χ0n) is 40.0. The minimum absolute atomic E-state index is 0. The number of benzene rings is 6. The summed E-state index contributed by atoms with van der Waals surface area (Å²) in [7, 11) is 0. The molecule has 2 aliphatic carbocycles. The van der Waals surface area contributed by atoms with Crippen LogP contribution in [-0.4, -0.2) is 50.1 Å². The Labute approximate surface area is 437 Å². The van der Waals surface area contributed by atoms with Gasteiger partial charge in [0.05, 0.1) is 33.0 Å². The van der Waals surface area contributed by atoms with E-state index >= 15 is 0 Å². The van der Waals surface area contributed by atoms with Crippen molar-refractivity contribution in [3.63, 3.8) is 0 Å². The maximum Gasteiger partial charge on any atom is 0.335 e. The topological polar surface area (TPSA) is 219 Å². The van der Waals surface area contributed by atoms with Crippen molar-refractivity contribution in [2.75, 3.05) is 5.73 Å². The van der Waals surface area contributed by atoms with E-state index in [1.54, 1.807) is 129 Å². The van der Waals surface area contributed by atoms with Crippen LogP contribution in [0.3, 0.4) is 0 Å². The number of aryl methyl sites for hydroxylation is 1. The lowest BCUT2D eigenvalue weighted by Crippen LogP contribution is -2.28. The van der Waals surface area contributed by atoms with E-state index in [1.165, 1.54) is 24.3 Å². The predicted octanol–water partition coefficient (Wildman–Crippen LogP) is 11.7. The summed E-state index contributed by atoms with van der Waals surface area (Å²) >= 11 is 0. The van der Waals surface area contributed by atoms with E-state index < -0.39 is 22.7 Å². The highest BCUT2D eigenvalue weighted by Crippen LogP contribution is 2.50. The van der Waals surface area contributed by atoms with Crippen LogP contribution in [0, 0.1) is 29.4 Å². The van der Waals surface area contributed by atoms with E-state index in [1.807, 2.05) is 0 Å². The number of halogens is 2. The van der Waals surface area contributed by atoms with Gasteiger partial charge in [0.1, 0.15) is 34.6 Å². The van der Waals surface area contributed by atoms with Crippen molar-refractivity contribution in [2.45, 2.75) is 73.1 Å². The number of carbonyl (C=O) groups is 6. The quantitative estimate of drug-likeness (QED) is 0.0540. The Balaban J connectivity index is 0.000000216. The Morgan fingerprint density at radius 3 is 1.21 bits per heavy atom. The maximum absolute atomic E-state index is 13.1.